The van der Waals surface area contributed by atoms with E-state index >= 15 is 0 Å². The number of hydrogen-bond donors (Lipinski definition) is 0. The van der Waals surface area contributed by atoms with Gasteiger partial charge in [0.15, 0.2) is 0 Å². The number of rotatable bonds is 4. The highest BCUT2D eigenvalue weighted by Crippen LogP contribution is 2.26. The highest BCUT2D eigenvalue weighted by atomic mass is 35.5. The molecular formula is C21H21Cl2N3O2. The zero-order chi connectivity index (χ0) is 20.5. The third-order valence-corrected chi connectivity index (χ3v) is 4.91. The zero-order valence-corrected chi connectivity index (χ0v) is 17.7. The molecule has 0 saturated heterocycles. The second-order valence-electron chi connectivity index (χ2n) is 7.61. The molecule has 28 heavy (non-hydrogen) atoms. The lowest BCUT2D eigenvalue weighted by Crippen LogP contribution is -2.26. The van der Waals surface area contributed by atoms with E-state index in [-0.39, 0.29) is 17.9 Å². The number of carbonyl (C=O) groups is 1. The normalized spacial score (nSPS) is 11.5. The number of halogens is 2. The Morgan fingerprint density at radius 2 is 1.75 bits per heavy atom. The first-order valence-electron chi connectivity index (χ1n) is 8.79. The van der Waals surface area contributed by atoms with Crippen LogP contribution in [0.3, 0.4) is 0 Å². The van der Waals surface area contributed by atoms with E-state index in [9.17, 15) is 4.79 Å². The van der Waals surface area contributed by atoms with Gasteiger partial charge in [-0.25, -0.2) is 0 Å². The Kier molecular flexibility index (Phi) is 5.77. The number of amides is 1. The van der Waals surface area contributed by atoms with E-state index in [1.165, 1.54) is 10.5 Å². The summed E-state index contributed by atoms with van der Waals surface area (Å²) in [5.74, 6) is 0.475. The maximum absolute atomic E-state index is 12.6. The Labute approximate surface area is 174 Å². The minimum Gasteiger partial charge on any atom is -0.419 e. The Morgan fingerprint density at radius 1 is 1.07 bits per heavy atom. The fourth-order valence-corrected chi connectivity index (χ4v) is 3.06. The van der Waals surface area contributed by atoms with Crippen molar-refractivity contribution in [3.63, 3.8) is 0 Å². The molecule has 7 heteroatoms. The molecule has 0 aliphatic heterocycles. The van der Waals surface area contributed by atoms with Crippen LogP contribution in [0, 0.1) is 0 Å². The molecule has 0 bridgehead atoms. The molecule has 1 heterocycles. The van der Waals surface area contributed by atoms with E-state index in [1.54, 1.807) is 25.2 Å². The highest BCUT2D eigenvalue weighted by molar-refractivity contribution is 6.35. The molecule has 3 rings (SSSR count). The van der Waals surface area contributed by atoms with E-state index in [1.807, 2.05) is 12.1 Å². The Bertz CT molecular complexity index is 992. The Balaban J connectivity index is 1.73. The summed E-state index contributed by atoms with van der Waals surface area (Å²) in [6.07, 6.45) is 0. The van der Waals surface area contributed by atoms with Crippen LogP contribution in [0.5, 0.6) is 0 Å². The molecule has 0 unspecified atom stereocenters. The number of benzene rings is 2. The second kappa shape index (κ2) is 7.94. The van der Waals surface area contributed by atoms with Crippen molar-refractivity contribution >= 4 is 29.1 Å². The van der Waals surface area contributed by atoms with Crippen molar-refractivity contribution in [2.24, 2.45) is 0 Å². The van der Waals surface area contributed by atoms with Gasteiger partial charge in [-0.3, -0.25) is 4.79 Å². The standard InChI is InChI=1S/C21H21Cl2N3O2/c1-21(2,3)14-7-5-13(6-8-14)19-25-24-18(28-19)12-26(4)20(27)16-11-15(22)9-10-17(16)23/h5-11H,12H2,1-4H3. The number of nitrogens with zero attached hydrogens (tertiary/aromatic N) is 3. The van der Waals surface area contributed by atoms with E-state index in [0.717, 1.165) is 5.56 Å². The lowest BCUT2D eigenvalue weighted by Gasteiger charge is -2.18. The maximum Gasteiger partial charge on any atom is 0.255 e. The van der Waals surface area contributed by atoms with Gasteiger partial charge in [0.2, 0.25) is 11.8 Å². The van der Waals surface area contributed by atoms with Gasteiger partial charge in [0.25, 0.3) is 5.91 Å². The van der Waals surface area contributed by atoms with E-state index in [2.05, 4.69) is 43.1 Å². The molecule has 0 aliphatic carbocycles. The first-order chi connectivity index (χ1) is 13.1. The fourth-order valence-electron chi connectivity index (χ4n) is 2.69. The number of aromatic nitrogens is 2. The van der Waals surface area contributed by atoms with Crippen molar-refractivity contribution in [3.8, 4) is 11.5 Å². The first-order valence-corrected chi connectivity index (χ1v) is 9.54. The summed E-state index contributed by atoms with van der Waals surface area (Å²) >= 11 is 12.1. The van der Waals surface area contributed by atoms with Crippen LogP contribution < -0.4 is 0 Å². The third-order valence-electron chi connectivity index (χ3n) is 4.34. The summed E-state index contributed by atoms with van der Waals surface area (Å²) in [5, 5.41) is 8.93. The molecule has 0 aliphatic rings. The van der Waals surface area contributed by atoms with Crippen molar-refractivity contribution < 1.29 is 9.21 Å². The molecule has 1 amide bonds. The summed E-state index contributed by atoms with van der Waals surface area (Å²) in [4.78, 5) is 14.1. The largest absolute Gasteiger partial charge is 0.419 e. The lowest BCUT2D eigenvalue weighted by molar-refractivity contribution is 0.0773. The van der Waals surface area contributed by atoms with E-state index in [0.29, 0.717) is 27.4 Å². The van der Waals surface area contributed by atoms with Gasteiger partial charge in [-0.05, 0) is 41.3 Å². The van der Waals surface area contributed by atoms with E-state index < -0.39 is 0 Å². The monoisotopic (exact) mass is 417 g/mol. The van der Waals surface area contributed by atoms with Crippen LogP contribution in [-0.4, -0.2) is 28.1 Å². The third kappa shape index (κ3) is 4.54. The van der Waals surface area contributed by atoms with Crippen molar-refractivity contribution in [1.29, 1.82) is 0 Å². The van der Waals surface area contributed by atoms with Crippen LogP contribution >= 0.6 is 23.2 Å². The highest BCUT2D eigenvalue weighted by Gasteiger charge is 2.19. The van der Waals surface area contributed by atoms with Crippen LogP contribution in [0.4, 0.5) is 0 Å². The summed E-state index contributed by atoms with van der Waals surface area (Å²) in [6, 6.07) is 12.8. The minimum atomic E-state index is -0.276. The fraction of sp³-hybridized carbons (Fsp3) is 0.286. The second-order valence-corrected chi connectivity index (χ2v) is 8.46. The topological polar surface area (TPSA) is 59.2 Å². The van der Waals surface area contributed by atoms with Crippen LogP contribution in [-0.2, 0) is 12.0 Å². The SMILES string of the molecule is CN(Cc1nnc(-c2ccc(C(C)(C)C)cc2)o1)C(=O)c1cc(Cl)ccc1Cl. The van der Waals surface area contributed by atoms with Crippen LogP contribution in [0.1, 0.15) is 42.6 Å². The molecule has 3 aromatic rings. The van der Waals surface area contributed by atoms with Gasteiger partial charge in [-0.2, -0.15) is 0 Å². The molecule has 0 spiro atoms. The van der Waals surface area contributed by atoms with Crippen LogP contribution in [0.25, 0.3) is 11.5 Å². The lowest BCUT2D eigenvalue weighted by atomic mass is 9.87. The molecular weight excluding hydrogens is 397 g/mol. The molecule has 0 N–H and O–H groups in total. The summed E-state index contributed by atoms with van der Waals surface area (Å²) in [5.41, 5.74) is 2.45. The van der Waals surface area contributed by atoms with Crippen LogP contribution in [0.15, 0.2) is 46.9 Å². The summed E-state index contributed by atoms with van der Waals surface area (Å²) in [6.45, 7) is 6.64. The summed E-state index contributed by atoms with van der Waals surface area (Å²) in [7, 11) is 1.64. The predicted octanol–water partition coefficient (Wildman–Crippen LogP) is 5.61. The first kappa shape index (κ1) is 20.4. The van der Waals surface area contributed by atoms with Crippen molar-refractivity contribution in [3.05, 3.63) is 69.5 Å². The van der Waals surface area contributed by atoms with Gasteiger partial charge in [-0.1, -0.05) is 56.1 Å². The molecule has 0 fully saturated rings. The Hall–Kier alpha value is -2.37. The molecule has 1 aromatic heterocycles. The molecule has 146 valence electrons. The van der Waals surface area contributed by atoms with Crippen LogP contribution in [0.2, 0.25) is 10.0 Å². The van der Waals surface area contributed by atoms with Crippen molar-refractivity contribution in [1.82, 2.24) is 15.1 Å². The Morgan fingerprint density at radius 3 is 2.39 bits per heavy atom. The van der Waals surface area contributed by atoms with Crippen molar-refractivity contribution in [2.75, 3.05) is 7.05 Å². The molecule has 5 nitrogen and oxygen atoms in total. The van der Waals surface area contributed by atoms with Crippen molar-refractivity contribution in [2.45, 2.75) is 32.7 Å². The summed E-state index contributed by atoms with van der Waals surface area (Å²) < 4.78 is 5.73. The quantitative estimate of drug-likeness (QED) is 0.552. The molecule has 0 atom stereocenters. The van der Waals surface area contributed by atoms with Gasteiger partial charge in [-0.15, -0.1) is 10.2 Å². The average molecular weight is 418 g/mol. The predicted molar refractivity (Wildman–Crippen MR) is 111 cm³/mol. The number of carbonyl (C=O) groups excluding carboxylic acids is 1. The molecule has 0 radical (unpaired) electrons. The van der Waals surface area contributed by atoms with Gasteiger partial charge in [0, 0.05) is 17.6 Å². The van der Waals surface area contributed by atoms with Gasteiger partial charge < -0.3 is 9.32 Å². The average Bonchev–Trinajstić information content (AvgIpc) is 3.11. The maximum atomic E-state index is 12.6. The van der Waals surface area contributed by atoms with Gasteiger partial charge in [0.1, 0.15) is 0 Å². The van der Waals surface area contributed by atoms with E-state index in [4.69, 9.17) is 27.6 Å². The number of hydrogen-bond acceptors (Lipinski definition) is 4. The van der Waals surface area contributed by atoms with Gasteiger partial charge in [0.05, 0.1) is 17.1 Å². The minimum absolute atomic E-state index is 0.0726. The molecule has 0 saturated carbocycles. The zero-order valence-electron chi connectivity index (χ0n) is 16.2. The molecule has 2 aromatic carbocycles. The van der Waals surface area contributed by atoms with Gasteiger partial charge >= 0.3 is 0 Å². The smallest absolute Gasteiger partial charge is 0.255 e.